The molecule has 5 heteroatoms. The summed E-state index contributed by atoms with van der Waals surface area (Å²) in [7, 11) is 0. The van der Waals surface area contributed by atoms with Crippen molar-refractivity contribution in [1.29, 1.82) is 0 Å². The average Bonchev–Trinajstić information content (AvgIpc) is 2.36. The lowest BCUT2D eigenvalue weighted by molar-refractivity contribution is -0.138. The van der Waals surface area contributed by atoms with Crippen LogP contribution < -0.4 is 5.32 Å². The van der Waals surface area contributed by atoms with Crippen molar-refractivity contribution in [3.63, 3.8) is 0 Å². The molecule has 0 saturated heterocycles. The van der Waals surface area contributed by atoms with Gasteiger partial charge in [-0.2, -0.15) is 0 Å². The number of phenols is 1. The third-order valence-corrected chi connectivity index (χ3v) is 2.64. The topological polar surface area (TPSA) is 86.6 Å². The lowest BCUT2D eigenvalue weighted by Crippen LogP contribution is -2.11. The maximum Gasteiger partial charge on any atom is 0.311 e. The van der Waals surface area contributed by atoms with Crippen LogP contribution in [0, 0.1) is 0 Å². The highest BCUT2D eigenvalue weighted by Gasteiger charge is 2.27. The van der Waals surface area contributed by atoms with Gasteiger partial charge in [-0.15, -0.1) is 0 Å². The van der Waals surface area contributed by atoms with Crippen LogP contribution in [-0.4, -0.2) is 22.1 Å². The van der Waals surface area contributed by atoms with E-state index in [9.17, 15) is 14.7 Å². The number of amides is 1. The molecule has 0 aliphatic carbocycles. The van der Waals surface area contributed by atoms with E-state index in [-0.39, 0.29) is 24.5 Å². The fourth-order valence-electron chi connectivity index (χ4n) is 1.85. The van der Waals surface area contributed by atoms with E-state index < -0.39 is 11.9 Å². The van der Waals surface area contributed by atoms with Crippen molar-refractivity contribution in [2.45, 2.75) is 18.8 Å². The molecule has 0 radical (unpaired) electrons. The Morgan fingerprint density at radius 2 is 2.19 bits per heavy atom. The predicted molar refractivity (Wildman–Crippen MR) is 56.3 cm³/mol. The second kappa shape index (κ2) is 3.84. The number of fused-ring (bicyclic) bond motifs is 1. The molecule has 16 heavy (non-hydrogen) atoms. The van der Waals surface area contributed by atoms with Gasteiger partial charge in [-0.25, -0.2) is 0 Å². The Hall–Kier alpha value is -2.04. The number of carbonyl (C=O) groups is 2. The largest absolute Gasteiger partial charge is 0.508 e. The maximum absolute atomic E-state index is 11.3. The van der Waals surface area contributed by atoms with Gasteiger partial charge < -0.3 is 15.5 Å². The summed E-state index contributed by atoms with van der Waals surface area (Å²) in [6, 6.07) is 4.33. The van der Waals surface area contributed by atoms with Gasteiger partial charge in [0, 0.05) is 12.1 Å². The third kappa shape index (κ3) is 1.84. The number of rotatable bonds is 1. The number of benzene rings is 1. The van der Waals surface area contributed by atoms with Crippen LogP contribution in [0.1, 0.15) is 24.3 Å². The second-order valence-electron chi connectivity index (χ2n) is 3.75. The molecule has 0 saturated carbocycles. The number of hydrogen-bond acceptors (Lipinski definition) is 3. The minimum Gasteiger partial charge on any atom is -0.508 e. The summed E-state index contributed by atoms with van der Waals surface area (Å²) in [4.78, 5) is 22.4. The fourth-order valence-corrected chi connectivity index (χ4v) is 1.85. The Morgan fingerprint density at radius 3 is 2.88 bits per heavy atom. The monoisotopic (exact) mass is 221 g/mol. The van der Waals surface area contributed by atoms with Crippen LogP contribution in [0.5, 0.6) is 5.75 Å². The zero-order valence-corrected chi connectivity index (χ0v) is 8.43. The zero-order valence-electron chi connectivity index (χ0n) is 8.43. The van der Waals surface area contributed by atoms with E-state index in [1.807, 2.05) is 0 Å². The van der Waals surface area contributed by atoms with E-state index >= 15 is 0 Å². The van der Waals surface area contributed by atoms with Gasteiger partial charge in [-0.1, -0.05) is 0 Å². The van der Waals surface area contributed by atoms with E-state index in [2.05, 4.69) is 5.32 Å². The summed E-state index contributed by atoms with van der Waals surface area (Å²) in [6.45, 7) is 0. The first-order valence-electron chi connectivity index (χ1n) is 4.93. The van der Waals surface area contributed by atoms with Crippen molar-refractivity contribution in [3.8, 4) is 5.75 Å². The van der Waals surface area contributed by atoms with Crippen molar-refractivity contribution in [2.75, 3.05) is 5.32 Å². The Kier molecular flexibility index (Phi) is 2.52. The van der Waals surface area contributed by atoms with E-state index in [0.717, 1.165) is 0 Å². The van der Waals surface area contributed by atoms with Gasteiger partial charge in [-0.3, -0.25) is 9.59 Å². The summed E-state index contributed by atoms with van der Waals surface area (Å²) in [5.74, 6) is -1.93. The zero-order chi connectivity index (χ0) is 11.7. The molecule has 0 bridgehead atoms. The number of phenolic OH excluding ortho intramolecular Hbond substituents is 1. The van der Waals surface area contributed by atoms with Crippen LogP contribution in [0.2, 0.25) is 0 Å². The van der Waals surface area contributed by atoms with Crippen molar-refractivity contribution < 1.29 is 19.8 Å². The number of carbonyl (C=O) groups excluding carboxylic acids is 1. The summed E-state index contributed by atoms with van der Waals surface area (Å²) < 4.78 is 0. The van der Waals surface area contributed by atoms with Crippen molar-refractivity contribution in [1.82, 2.24) is 0 Å². The Bertz CT molecular complexity index is 455. The number of anilines is 1. The van der Waals surface area contributed by atoms with Gasteiger partial charge in [0.2, 0.25) is 5.91 Å². The summed E-state index contributed by atoms with van der Waals surface area (Å²) in [5.41, 5.74) is 0.922. The van der Waals surface area contributed by atoms with Gasteiger partial charge in [0.1, 0.15) is 5.75 Å². The molecule has 1 unspecified atom stereocenters. The van der Waals surface area contributed by atoms with Gasteiger partial charge in [0.25, 0.3) is 0 Å². The fraction of sp³-hybridized carbons (Fsp3) is 0.273. The lowest BCUT2D eigenvalue weighted by atomic mass is 9.94. The highest BCUT2D eigenvalue weighted by Crippen LogP contribution is 2.34. The van der Waals surface area contributed by atoms with Gasteiger partial charge >= 0.3 is 5.97 Å². The SMILES string of the molecule is O=C1CCC(C(=O)O)c2cc(O)ccc2N1. The second-order valence-corrected chi connectivity index (χ2v) is 3.75. The van der Waals surface area contributed by atoms with Crippen LogP contribution in [0.3, 0.4) is 0 Å². The first-order valence-corrected chi connectivity index (χ1v) is 4.93. The van der Waals surface area contributed by atoms with E-state index in [1.165, 1.54) is 18.2 Å². The minimum atomic E-state index is -0.983. The van der Waals surface area contributed by atoms with Crippen LogP contribution in [0.4, 0.5) is 5.69 Å². The molecular formula is C11H11NO4. The molecule has 1 heterocycles. The molecule has 0 spiro atoms. The Labute approximate surface area is 91.7 Å². The lowest BCUT2D eigenvalue weighted by Gasteiger charge is -2.12. The van der Waals surface area contributed by atoms with Crippen LogP contribution >= 0.6 is 0 Å². The van der Waals surface area contributed by atoms with Crippen LogP contribution in [0.15, 0.2) is 18.2 Å². The summed E-state index contributed by atoms with van der Waals surface area (Å²) in [6.07, 6.45) is 0.421. The quantitative estimate of drug-likeness (QED) is 0.624. The van der Waals surface area contributed by atoms with Crippen LogP contribution in [-0.2, 0) is 9.59 Å². The first kappa shape index (κ1) is 10.5. The normalized spacial score (nSPS) is 19.5. The summed E-state index contributed by atoms with van der Waals surface area (Å²) >= 11 is 0. The Balaban J connectivity index is 2.51. The van der Waals surface area contributed by atoms with E-state index in [1.54, 1.807) is 0 Å². The molecule has 1 atom stereocenters. The van der Waals surface area contributed by atoms with E-state index in [0.29, 0.717) is 11.3 Å². The van der Waals surface area contributed by atoms with Crippen LogP contribution in [0.25, 0.3) is 0 Å². The molecule has 1 aliphatic rings. The van der Waals surface area contributed by atoms with Gasteiger partial charge in [-0.05, 0) is 30.2 Å². The molecule has 0 aromatic heterocycles. The number of aromatic hydroxyl groups is 1. The number of nitrogens with one attached hydrogen (secondary N) is 1. The molecule has 1 aromatic carbocycles. The number of carboxylic acids is 1. The number of aliphatic carboxylic acids is 1. The smallest absolute Gasteiger partial charge is 0.311 e. The van der Waals surface area contributed by atoms with Crippen molar-refractivity contribution in [2.24, 2.45) is 0 Å². The molecule has 0 fully saturated rings. The molecule has 3 N–H and O–H groups in total. The molecule has 1 aromatic rings. The van der Waals surface area contributed by atoms with Gasteiger partial charge in [0.15, 0.2) is 0 Å². The van der Waals surface area contributed by atoms with E-state index in [4.69, 9.17) is 5.11 Å². The number of hydrogen-bond donors (Lipinski definition) is 3. The Morgan fingerprint density at radius 1 is 1.44 bits per heavy atom. The van der Waals surface area contributed by atoms with Crippen molar-refractivity contribution in [3.05, 3.63) is 23.8 Å². The highest BCUT2D eigenvalue weighted by atomic mass is 16.4. The standard InChI is InChI=1S/C11H11NO4/c13-6-1-3-9-8(5-6)7(11(15)16)2-4-10(14)12-9/h1,3,5,7,13H,2,4H2,(H,12,14)(H,15,16). The molecule has 5 nitrogen and oxygen atoms in total. The predicted octanol–water partition coefficient (Wildman–Crippen LogP) is 1.29. The minimum absolute atomic E-state index is 0.00106. The molecular weight excluding hydrogens is 210 g/mol. The van der Waals surface area contributed by atoms with Gasteiger partial charge in [0.05, 0.1) is 5.92 Å². The average molecular weight is 221 g/mol. The maximum atomic E-state index is 11.3. The highest BCUT2D eigenvalue weighted by molar-refractivity contribution is 5.95. The molecule has 1 amide bonds. The molecule has 84 valence electrons. The summed E-state index contributed by atoms with van der Waals surface area (Å²) in [5, 5.41) is 21.0. The first-order chi connectivity index (χ1) is 7.58. The van der Waals surface area contributed by atoms with Crippen molar-refractivity contribution >= 4 is 17.6 Å². The molecule has 2 rings (SSSR count). The number of carboxylic acid groups (broad SMARTS) is 1. The third-order valence-electron chi connectivity index (χ3n) is 2.64. The molecule has 1 aliphatic heterocycles.